The number of hydrogen-bond donors (Lipinski definition) is 0. The molecule has 1 aromatic rings. The van der Waals surface area contributed by atoms with E-state index in [2.05, 4.69) is 4.74 Å². The predicted molar refractivity (Wildman–Crippen MR) is 70.1 cm³/mol. The van der Waals surface area contributed by atoms with Gasteiger partial charge in [-0.3, -0.25) is 4.79 Å². The fourth-order valence-electron chi connectivity index (χ4n) is 1.45. The number of ether oxygens (including phenoxy) is 3. The minimum atomic E-state index is -0.940. The Hall–Kier alpha value is -1.75. The first kappa shape index (κ1) is 15.3. The van der Waals surface area contributed by atoms with Crippen LogP contribution in [0.25, 0.3) is 0 Å². The van der Waals surface area contributed by atoms with E-state index in [0.717, 1.165) is 0 Å². The topological polar surface area (TPSA) is 61.8 Å². The normalized spacial score (nSPS) is 9.89. The van der Waals surface area contributed by atoms with Gasteiger partial charge in [0.2, 0.25) is 0 Å². The summed E-state index contributed by atoms with van der Waals surface area (Å²) in [4.78, 5) is 23.4. The van der Waals surface area contributed by atoms with Gasteiger partial charge < -0.3 is 14.2 Å². The van der Waals surface area contributed by atoms with Gasteiger partial charge in [-0.05, 0) is 19.9 Å². The second-order valence-electron chi connectivity index (χ2n) is 3.47. The summed E-state index contributed by atoms with van der Waals surface area (Å²) in [7, 11) is 1.45. The molecule has 0 aliphatic heterocycles. The van der Waals surface area contributed by atoms with Crippen molar-refractivity contribution in [1.82, 2.24) is 0 Å². The molecule has 19 heavy (non-hydrogen) atoms. The van der Waals surface area contributed by atoms with Gasteiger partial charge in [-0.2, -0.15) is 0 Å². The van der Waals surface area contributed by atoms with Crippen molar-refractivity contribution < 1.29 is 23.8 Å². The third-order valence-corrected chi connectivity index (χ3v) is 2.55. The highest BCUT2D eigenvalue weighted by Crippen LogP contribution is 2.33. The van der Waals surface area contributed by atoms with Gasteiger partial charge in [-0.15, -0.1) is 0 Å². The van der Waals surface area contributed by atoms with Crippen molar-refractivity contribution in [3.05, 3.63) is 22.7 Å². The van der Waals surface area contributed by atoms with Crippen LogP contribution in [0, 0.1) is 0 Å². The number of benzene rings is 1. The Kier molecular flexibility index (Phi) is 5.63. The van der Waals surface area contributed by atoms with Crippen molar-refractivity contribution in [1.29, 1.82) is 0 Å². The molecule has 0 saturated heterocycles. The summed E-state index contributed by atoms with van der Waals surface area (Å²) in [6.45, 7) is 3.85. The quantitative estimate of drug-likeness (QED) is 0.457. The number of rotatable bonds is 6. The lowest BCUT2D eigenvalue weighted by Gasteiger charge is -2.12. The highest BCUT2D eigenvalue weighted by molar-refractivity contribution is 6.42. The maximum atomic E-state index is 11.9. The molecule has 1 rings (SSSR count). The van der Waals surface area contributed by atoms with Gasteiger partial charge in [0.25, 0.3) is 5.78 Å². The van der Waals surface area contributed by atoms with Crippen LogP contribution in [0.2, 0.25) is 5.02 Å². The average molecular weight is 287 g/mol. The Morgan fingerprint density at radius 2 is 1.84 bits per heavy atom. The fourth-order valence-corrected chi connectivity index (χ4v) is 1.69. The SMILES string of the molecule is CCOC(=O)C(=O)c1cc(Cl)c(OC)cc1OCC. The summed E-state index contributed by atoms with van der Waals surface area (Å²) in [5, 5.41) is 0.221. The molecule has 0 aliphatic carbocycles. The van der Waals surface area contributed by atoms with E-state index < -0.39 is 11.8 Å². The molecule has 5 nitrogen and oxygen atoms in total. The Morgan fingerprint density at radius 1 is 1.16 bits per heavy atom. The van der Waals surface area contributed by atoms with Crippen LogP contribution in [0.3, 0.4) is 0 Å². The molecule has 0 aromatic heterocycles. The first-order valence-corrected chi connectivity index (χ1v) is 6.14. The van der Waals surface area contributed by atoms with Gasteiger partial charge in [0, 0.05) is 6.07 Å². The minimum absolute atomic E-state index is 0.0612. The Morgan fingerprint density at radius 3 is 2.37 bits per heavy atom. The van der Waals surface area contributed by atoms with Crippen molar-refractivity contribution in [2.75, 3.05) is 20.3 Å². The van der Waals surface area contributed by atoms with Gasteiger partial charge >= 0.3 is 5.97 Å². The second-order valence-corrected chi connectivity index (χ2v) is 3.87. The zero-order valence-electron chi connectivity index (χ0n) is 11.0. The van der Waals surface area contributed by atoms with E-state index in [0.29, 0.717) is 12.4 Å². The fraction of sp³-hybridized carbons (Fsp3) is 0.385. The van der Waals surface area contributed by atoms with Gasteiger partial charge in [-0.25, -0.2) is 4.79 Å². The molecule has 1 aromatic carbocycles. The van der Waals surface area contributed by atoms with Crippen LogP contribution in [0.1, 0.15) is 24.2 Å². The second kappa shape index (κ2) is 6.99. The molecule has 0 spiro atoms. The number of Topliss-reactive ketones (excluding diaryl/α,β-unsaturated/α-hetero) is 1. The standard InChI is InChI=1S/C13H15ClO5/c1-4-18-10-7-11(17-3)9(14)6-8(10)12(15)13(16)19-5-2/h6-7H,4-5H2,1-3H3. The van der Waals surface area contributed by atoms with Crippen molar-refractivity contribution in [2.45, 2.75) is 13.8 Å². The van der Waals surface area contributed by atoms with Crippen LogP contribution in [0.4, 0.5) is 0 Å². The lowest BCUT2D eigenvalue weighted by molar-refractivity contribution is -0.137. The molecule has 0 saturated carbocycles. The lowest BCUT2D eigenvalue weighted by Crippen LogP contribution is -2.18. The maximum absolute atomic E-state index is 11.9. The molecular formula is C13H15ClO5. The number of methoxy groups -OCH3 is 1. The molecular weight excluding hydrogens is 272 g/mol. The summed E-state index contributed by atoms with van der Waals surface area (Å²) >= 11 is 5.94. The van der Waals surface area contributed by atoms with E-state index in [9.17, 15) is 9.59 Å². The largest absolute Gasteiger partial charge is 0.495 e. The van der Waals surface area contributed by atoms with Crippen LogP contribution in [-0.2, 0) is 9.53 Å². The molecule has 104 valence electrons. The summed E-state index contributed by atoms with van der Waals surface area (Å²) in [6, 6.07) is 2.81. The van der Waals surface area contributed by atoms with Crippen molar-refractivity contribution in [3.63, 3.8) is 0 Å². The van der Waals surface area contributed by atoms with E-state index in [1.165, 1.54) is 19.2 Å². The number of hydrogen-bond acceptors (Lipinski definition) is 5. The average Bonchev–Trinajstić information content (AvgIpc) is 2.40. The monoisotopic (exact) mass is 286 g/mol. The van der Waals surface area contributed by atoms with Gasteiger partial charge in [-0.1, -0.05) is 11.6 Å². The first-order valence-electron chi connectivity index (χ1n) is 5.76. The Labute approximate surface area is 116 Å². The molecule has 0 heterocycles. The molecule has 0 bridgehead atoms. The molecule has 0 fully saturated rings. The molecule has 0 unspecified atom stereocenters. The molecule has 0 amide bonds. The van der Waals surface area contributed by atoms with Gasteiger partial charge in [0.1, 0.15) is 11.5 Å². The van der Waals surface area contributed by atoms with E-state index in [1.54, 1.807) is 13.8 Å². The van der Waals surface area contributed by atoms with Crippen LogP contribution in [-0.4, -0.2) is 32.1 Å². The van der Waals surface area contributed by atoms with Crippen LogP contribution in [0.5, 0.6) is 11.5 Å². The van der Waals surface area contributed by atoms with Crippen molar-refractivity contribution in [3.8, 4) is 11.5 Å². The van der Waals surface area contributed by atoms with Crippen LogP contribution >= 0.6 is 11.6 Å². The summed E-state index contributed by atoms with van der Waals surface area (Å²) in [5.74, 6) is -1.13. The molecule has 0 N–H and O–H groups in total. The highest BCUT2D eigenvalue weighted by atomic mass is 35.5. The molecule has 6 heteroatoms. The third kappa shape index (κ3) is 3.61. The Balaban J connectivity index is 3.21. The zero-order valence-corrected chi connectivity index (χ0v) is 11.7. The van der Waals surface area contributed by atoms with E-state index >= 15 is 0 Å². The van der Waals surface area contributed by atoms with E-state index in [1.807, 2.05) is 0 Å². The predicted octanol–water partition coefficient (Wildman–Crippen LogP) is 2.49. The highest BCUT2D eigenvalue weighted by Gasteiger charge is 2.23. The van der Waals surface area contributed by atoms with Crippen LogP contribution < -0.4 is 9.47 Å². The van der Waals surface area contributed by atoms with Gasteiger partial charge in [0.05, 0.1) is 30.9 Å². The zero-order chi connectivity index (χ0) is 14.4. The lowest BCUT2D eigenvalue weighted by atomic mass is 10.1. The number of esters is 1. The number of carbonyl (C=O) groups excluding carboxylic acids is 2. The minimum Gasteiger partial charge on any atom is -0.495 e. The smallest absolute Gasteiger partial charge is 0.379 e. The number of halogens is 1. The first-order chi connectivity index (χ1) is 9.04. The van der Waals surface area contributed by atoms with Gasteiger partial charge in [0.15, 0.2) is 0 Å². The van der Waals surface area contributed by atoms with E-state index in [4.69, 9.17) is 21.1 Å². The molecule has 0 radical (unpaired) electrons. The number of carbonyl (C=O) groups is 2. The summed E-state index contributed by atoms with van der Waals surface area (Å²) < 4.78 is 15.0. The van der Waals surface area contributed by atoms with Crippen LogP contribution in [0.15, 0.2) is 12.1 Å². The van der Waals surface area contributed by atoms with E-state index in [-0.39, 0.29) is 22.9 Å². The van der Waals surface area contributed by atoms with Crippen molar-refractivity contribution in [2.24, 2.45) is 0 Å². The summed E-state index contributed by atoms with van der Waals surface area (Å²) in [6.07, 6.45) is 0. The summed E-state index contributed by atoms with van der Waals surface area (Å²) in [5.41, 5.74) is 0.0612. The molecule has 0 atom stereocenters. The Bertz CT molecular complexity index is 484. The molecule has 0 aliphatic rings. The number of ketones is 1. The maximum Gasteiger partial charge on any atom is 0.379 e. The third-order valence-electron chi connectivity index (χ3n) is 2.26. The van der Waals surface area contributed by atoms with Crippen molar-refractivity contribution >= 4 is 23.4 Å².